The molecule has 1 aromatic carbocycles. The zero-order valence-corrected chi connectivity index (χ0v) is 11.6. The van der Waals surface area contributed by atoms with Gasteiger partial charge in [-0.25, -0.2) is 4.39 Å². The number of aliphatic hydroxyl groups excluding tert-OH is 1. The molecule has 1 fully saturated rings. The highest BCUT2D eigenvalue weighted by molar-refractivity contribution is 5.31. The van der Waals surface area contributed by atoms with Crippen molar-refractivity contribution in [3.63, 3.8) is 0 Å². The van der Waals surface area contributed by atoms with Gasteiger partial charge in [0.25, 0.3) is 0 Å². The van der Waals surface area contributed by atoms with Gasteiger partial charge in [-0.2, -0.15) is 0 Å². The van der Waals surface area contributed by atoms with Gasteiger partial charge in [0.15, 0.2) is 11.6 Å². The summed E-state index contributed by atoms with van der Waals surface area (Å²) in [5, 5.41) is 9.87. The van der Waals surface area contributed by atoms with Crippen LogP contribution < -0.4 is 4.74 Å². The Hall–Kier alpha value is -1.13. The summed E-state index contributed by atoms with van der Waals surface area (Å²) in [6, 6.07) is 5.24. The van der Waals surface area contributed by atoms with Crippen LogP contribution in [0.15, 0.2) is 18.2 Å². The van der Waals surface area contributed by atoms with Gasteiger partial charge in [-0.1, -0.05) is 19.1 Å². The van der Waals surface area contributed by atoms with Gasteiger partial charge in [0.2, 0.25) is 0 Å². The fraction of sp³-hybridized carbons (Fsp3) is 0.600. The quantitative estimate of drug-likeness (QED) is 0.909. The molecule has 2 atom stereocenters. The van der Waals surface area contributed by atoms with Crippen molar-refractivity contribution in [2.24, 2.45) is 5.92 Å². The zero-order chi connectivity index (χ0) is 13.8. The topological polar surface area (TPSA) is 32.7 Å². The zero-order valence-electron chi connectivity index (χ0n) is 11.6. The van der Waals surface area contributed by atoms with Crippen LogP contribution in [0.25, 0.3) is 0 Å². The molecule has 106 valence electrons. The van der Waals surface area contributed by atoms with E-state index in [-0.39, 0.29) is 11.9 Å². The third-order valence-corrected chi connectivity index (χ3v) is 3.96. The number of benzene rings is 1. The van der Waals surface area contributed by atoms with Crippen LogP contribution in [-0.2, 0) is 6.54 Å². The van der Waals surface area contributed by atoms with Crippen molar-refractivity contribution in [2.75, 3.05) is 20.2 Å². The van der Waals surface area contributed by atoms with Crippen LogP contribution in [0.4, 0.5) is 4.39 Å². The van der Waals surface area contributed by atoms with Gasteiger partial charge in [-0.05, 0) is 24.8 Å². The molecule has 1 heterocycles. The van der Waals surface area contributed by atoms with Crippen LogP contribution in [0.3, 0.4) is 0 Å². The Labute approximate surface area is 114 Å². The van der Waals surface area contributed by atoms with Crippen molar-refractivity contribution >= 4 is 0 Å². The molecule has 0 amide bonds. The highest BCUT2D eigenvalue weighted by Crippen LogP contribution is 2.25. The van der Waals surface area contributed by atoms with Crippen molar-refractivity contribution in [3.8, 4) is 5.75 Å². The summed E-state index contributed by atoms with van der Waals surface area (Å²) in [5.74, 6) is 0.313. The summed E-state index contributed by atoms with van der Waals surface area (Å²) in [4.78, 5) is 2.21. The number of likely N-dealkylation sites (tertiary alicyclic amines) is 1. The molecule has 1 aliphatic heterocycles. The molecule has 1 aromatic rings. The van der Waals surface area contributed by atoms with Gasteiger partial charge in [0, 0.05) is 25.2 Å². The van der Waals surface area contributed by atoms with Crippen molar-refractivity contribution in [1.29, 1.82) is 0 Å². The molecule has 0 saturated carbocycles. The number of ether oxygens (including phenoxy) is 1. The molecular weight excluding hydrogens is 245 g/mol. The van der Waals surface area contributed by atoms with E-state index in [2.05, 4.69) is 11.8 Å². The number of nitrogens with zero attached hydrogens (tertiary/aromatic N) is 1. The Balaban J connectivity index is 2.05. The van der Waals surface area contributed by atoms with E-state index in [4.69, 9.17) is 4.74 Å². The first-order chi connectivity index (χ1) is 9.15. The Kier molecular flexibility index (Phi) is 4.77. The fourth-order valence-electron chi connectivity index (χ4n) is 2.72. The summed E-state index contributed by atoms with van der Waals surface area (Å²) in [7, 11) is 1.48. The second-order valence-electron chi connectivity index (χ2n) is 5.19. The minimum Gasteiger partial charge on any atom is -0.494 e. The first-order valence-corrected chi connectivity index (χ1v) is 6.87. The summed E-state index contributed by atoms with van der Waals surface area (Å²) >= 11 is 0. The minimum atomic E-state index is -0.274. The van der Waals surface area contributed by atoms with Crippen LogP contribution in [0.5, 0.6) is 5.75 Å². The Morgan fingerprint density at radius 3 is 2.95 bits per heavy atom. The van der Waals surface area contributed by atoms with Crippen molar-refractivity contribution < 1.29 is 14.2 Å². The summed E-state index contributed by atoms with van der Waals surface area (Å²) in [6.07, 6.45) is 1.51. The van der Waals surface area contributed by atoms with Gasteiger partial charge in [-0.3, -0.25) is 4.90 Å². The maximum atomic E-state index is 14.1. The lowest BCUT2D eigenvalue weighted by molar-refractivity contribution is 0.0218. The maximum Gasteiger partial charge on any atom is 0.169 e. The first kappa shape index (κ1) is 14.3. The van der Waals surface area contributed by atoms with Crippen LogP contribution in [0.1, 0.15) is 25.3 Å². The molecule has 0 bridgehead atoms. The molecule has 19 heavy (non-hydrogen) atoms. The highest BCUT2D eigenvalue weighted by Gasteiger charge is 2.26. The number of hydrogen-bond donors (Lipinski definition) is 1. The normalized spacial score (nSPS) is 24.4. The molecule has 1 N–H and O–H groups in total. The number of rotatable bonds is 4. The lowest BCUT2D eigenvalue weighted by Gasteiger charge is -2.35. The van der Waals surface area contributed by atoms with E-state index in [0.29, 0.717) is 23.8 Å². The summed E-state index contributed by atoms with van der Waals surface area (Å²) in [6.45, 7) is 4.30. The number of halogens is 1. The smallest absolute Gasteiger partial charge is 0.169 e. The van der Waals surface area contributed by atoms with E-state index in [1.54, 1.807) is 12.1 Å². The SMILES string of the molecule is CCC1CN(Cc2cccc(OC)c2F)CCC1O. The average molecular weight is 267 g/mol. The third-order valence-electron chi connectivity index (χ3n) is 3.96. The van der Waals surface area contributed by atoms with E-state index in [1.165, 1.54) is 7.11 Å². The lowest BCUT2D eigenvalue weighted by atomic mass is 9.92. The highest BCUT2D eigenvalue weighted by atomic mass is 19.1. The minimum absolute atomic E-state index is 0.212. The van der Waals surface area contributed by atoms with Crippen LogP contribution in [0.2, 0.25) is 0 Å². The van der Waals surface area contributed by atoms with Gasteiger partial charge < -0.3 is 9.84 Å². The molecule has 3 nitrogen and oxygen atoms in total. The first-order valence-electron chi connectivity index (χ1n) is 6.87. The van der Waals surface area contributed by atoms with Gasteiger partial charge >= 0.3 is 0 Å². The summed E-state index contributed by atoms with van der Waals surface area (Å²) in [5.41, 5.74) is 0.658. The predicted molar refractivity (Wildman–Crippen MR) is 72.6 cm³/mol. The van der Waals surface area contributed by atoms with E-state index in [0.717, 1.165) is 25.9 Å². The maximum absolute atomic E-state index is 14.1. The Morgan fingerprint density at radius 1 is 1.47 bits per heavy atom. The lowest BCUT2D eigenvalue weighted by Crippen LogP contribution is -2.42. The van der Waals surface area contributed by atoms with Crippen LogP contribution in [-0.4, -0.2) is 36.3 Å². The van der Waals surface area contributed by atoms with Crippen molar-refractivity contribution in [1.82, 2.24) is 4.90 Å². The second-order valence-corrected chi connectivity index (χ2v) is 5.19. The molecule has 1 aliphatic rings. The number of hydrogen-bond acceptors (Lipinski definition) is 3. The van der Waals surface area contributed by atoms with Crippen molar-refractivity contribution in [3.05, 3.63) is 29.6 Å². The monoisotopic (exact) mass is 267 g/mol. The average Bonchev–Trinajstić information content (AvgIpc) is 2.43. The molecule has 0 aromatic heterocycles. The molecule has 2 unspecified atom stereocenters. The summed E-state index contributed by atoms with van der Waals surface area (Å²) < 4.78 is 19.1. The molecular formula is C15H22FNO2. The van der Waals surface area contributed by atoms with E-state index in [1.807, 2.05) is 6.07 Å². The molecule has 1 saturated heterocycles. The standard InChI is InChI=1S/C15H22FNO2/c1-3-11-9-17(8-7-13(11)18)10-12-5-4-6-14(19-2)15(12)16/h4-6,11,13,18H,3,7-10H2,1-2H3. The largest absolute Gasteiger partial charge is 0.494 e. The van der Waals surface area contributed by atoms with Crippen LogP contribution >= 0.6 is 0 Å². The number of piperidine rings is 1. The Bertz CT molecular complexity index is 425. The predicted octanol–water partition coefficient (Wildman–Crippen LogP) is 2.43. The number of aliphatic hydroxyl groups is 1. The Morgan fingerprint density at radius 2 is 2.26 bits per heavy atom. The van der Waals surface area contributed by atoms with Gasteiger partial charge in [-0.15, -0.1) is 0 Å². The van der Waals surface area contributed by atoms with E-state index >= 15 is 0 Å². The van der Waals surface area contributed by atoms with E-state index < -0.39 is 0 Å². The van der Waals surface area contributed by atoms with Crippen LogP contribution in [0, 0.1) is 11.7 Å². The fourth-order valence-corrected chi connectivity index (χ4v) is 2.72. The second kappa shape index (κ2) is 6.35. The van der Waals surface area contributed by atoms with Crippen molar-refractivity contribution in [2.45, 2.75) is 32.4 Å². The van der Waals surface area contributed by atoms with E-state index in [9.17, 15) is 9.50 Å². The van der Waals surface area contributed by atoms with Gasteiger partial charge in [0.1, 0.15) is 0 Å². The molecule has 4 heteroatoms. The molecule has 2 rings (SSSR count). The molecule has 0 aliphatic carbocycles. The number of methoxy groups -OCH3 is 1. The third kappa shape index (κ3) is 3.25. The van der Waals surface area contributed by atoms with Gasteiger partial charge in [0.05, 0.1) is 13.2 Å². The molecule has 0 radical (unpaired) electrons. The molecule has 0 spiro atoms.